The first-order valence-electron chi connectivity index (χ1n) is 4.63. The molecule has 0 atom stereocenters. The van der Waals surface area contributed by atoms with Gasteiger partial charge in [-0.3, -0.25) is 4.79 Å². The van der Waals surface area contributed by atoms with Crippen molar-refractivity contribution in [2.45, 2.75) is 0 Å². The van der Waals surface area contributed by atoms with Crippen LogP contribution in [0.1, 0.15) is 10.4 Å². The lowest BCUT2D eigenvalue weighted by Gasteiger charge is -2.11. The van der Waals surface area contributed by atoms with Crippen molar-refractivity contribution in [1.82, 2.24) is 4.90 Å². The second-order valence-corrected chi connectivity index (χ2v) is 4.59. The maximum absolute atomic E-state index is 11.8. The minimum Gasteiger partial charge on any atom is -0.305 e. The first kappa shape index (κ1) is 12.1. The molecular weight excluding hydrogens is 254 g/mol. The third-order valence-electron chi connectivity index (χ3n) is 1.93. The van der Waals surface area contributed by atoms with Crippen molar-refractivity contribution in [1.29, 1.82) is 0 Å². The Morgan fingerprint density at radius 3 is 2.33 bits per heavy atom. The van der Waals surface area contributed by atoms with Crippen LogP contribution >= 0.6 is 15.9 Å². The van der Waals surface area contributed by atoms with E-state index in [1.54, 1.807) is 12.1 Å². The fourth-order valence-electron chi connectivity index (χ4n) is 1.26. The number of Topliss-reactive ketones (excluding diaryl/α,β-unsaturated/α-hetero) is 1. The molecule has 0 radical (unpaired) electrons. The predicted molar refractivity (Wildman–Crippen MR) is 66.2 cm³/mol. The molecule has 0 N–H and O–H groups in total. The minimum absolute atomic E-state index is 0.0104. The van der Waals surface area contributed by atoms with Crippen LogP contribution in [-0.4, -0.2) is 31.3 Å². The summed E-state index contributed by atoms with van der Waals surface area (Å²) >= 11 is 3.33. The van der Waals surface area contributed by atoms with Crippen LogP contribution in [0, 0.1) is 0 Å². The normalized spacial score (nSPS) is 10.4. The topological polar surface area (TPSA) is 20.3 Å². The average molecular weight is 268 g/mol. The molecule has 0 aliphatic heterocycles. The lowest BCUT2D eigenvalue weighted by Crippen LogP contribution is -2.19. The van der Waals surface area contributed by atoms with E-state index in [0.717, 1.165) is 4.47 Å². The van der Waals surface area contributed by atoms with Crippen LogP contribution in [0.3, 0.4) is 0 Å². The zero-order valence-corrected chi connectivity index (χ0v) is 10.5. The number of likely N-dealkylation sites (N-methyl/N-ethyl adjacent to an activating group) is 1. The summed E-state index contributed by atoms with van der Waals surface area (Å²) in [5, 5.41) is 0. The predicted octanol–water partition coefficient (Wildman–Crippen LogP) is 2.75. The molecule has 15 heavy (non-hydrogen) atoms. The summed E-state index contributed by atoms with van der Waals surface area (Å²) in [5.41, 5.74) is 1.30. The molecule has 0 aromatic heterocycles. The quantitative estimate of drug-likeness (QED) is 0.618. The number of halogens is 1. The van der Waals surface area contributed by atoms with Crippen molar-refractivity contribution in [2.75, 3.05) is 20.6 Å². The van der Waals surface area contributed by atoms with Crippen LogP contribution in [0.4, 0.5) is 0 Å². The van der Waals surface area contributed by atoms with Gasteiger partial charge < -0.3 is 4.90 Å². The average Bonchev–Trinajstić information content (AvgIpc) is 2.17. The fourth-order valence-corrected chi connectivity index (χ4v) is 1.52. The van der Waals surface area contributed by atoms with Crippen molar-refractivity contribution in [3.63, 3.8) is 0 Å². The Bertz CT molecular complexity index is 368. The van der Waals surface area contributed by atoms with Crippen LogP contribution in [-0.2, 0) is 0 Å². The van der Waals surface area contributed by atoms with Crippen molar-refractivity contribution >= 4 is 21.7 Å². The van der Waals surface area contributed by atoms with Crippen LogP contribution in [0.15, 0.2) is 40.9 Å². The number of carbonyl (C=O) groups excluding carboxylic acids is 1. The van der Waals surface area contributed by atoms with E-state index < -0.39 is 0 Å². The number of hydrogen-bond acceptors (Lipinski definition) is 2. The second-order valence-electron chi connectivity index (χ2n) is 3.68. The highest BCUT2D eigenvalue weighted by Gasteiger charge is 2.10. The first-order chi connectivity index (χ1) is 7.00. The number of rotatable bonds is 4. The van der Waals surface area contributed by atoms with Crippen LogP contribution in [0.25, 0.3) is 0 Å². The number of ketones is 1. The minimum atomic E-state index is 0.0104. The zero-order chi connectivity index (χ0) is 11.4. The Morgan fingerprint density at radius 1 is 1.33 bits per heavy atom. The van der Waals surface area contributed by atoms with Gasteiger partial charge in [0.2, 0.25) is 0 Å². The molecular formula is C12H14BrNO. The standard InChI is InChI=1S/C12H14BrNO/c1-9(8-14(2)3)12(15)10-4-6-11(13)7-5-10/h4-7H,1,8H2,2-3H3. The molecule has 0 saturated heterocycles. The number of nitrogens with zero attached hydrogens (tertiary/aromatic N) is 1. The fraction of sp³-hybridized carbons (Fsp3) is 0.250. The maximum Gasteiger partial charge on any atom is 0.189 e. The molecule has 0 aliphatic rings. The van der Waals surface area contributed by atoms with Gasteiger partial charge in [-0.1, -0.05) is 22.5 Å². The molecule has 80 valence electrons. The van der Waals surface area contributed by atoms with E-state index in [9.17, 15) is 4.79 Å². The largest absolute Gasteiger partial charge is 0.305 e. The van der Waals surface area contributed by atoms with E-state index in [4.69, 9.17) is 0 Å². The Kier molecular flexibility index (Phi) is 4.24. The van der Waals surface area contributed by atoms with E-state index in [-0.39, 0.29) is 5.78 Å². The first-order valence-corrected chi connectivity index (χ1v) is 5.43. The molecule has 1 aromatic carbocycles. The van der Waals surface area contributed by atoms with Gasteiger partial charge in [-0.15, -0.1) is 0 Å². The highest BCUT2D eigenvalue weighted by atomic mass is 79.9. The highest BCUT2D eigenvalue weighted by Crippen LogP contribution is 2.13. The van der Waals surface area contributed by atoms with Crippen LogP contribution in [0.5, 0.6) is 0 Å². The van der Waals surface area contributed by atoms with Gasteiger partial charge >= 0.3 is 0 Å². The summed E-state index contributed by atoms with van der Waals surface area (Å²) in [4.78, 5) is 13.8. The summed E-state index contributed by atoms with van der Waals surface area (Å²) < 4.78 is 0.970. The second kappa shape index (κ2) is 5.24. The van der Waals surface area contributed by atoms with Gasteiger partial charge in [-0.05, 0) is 38.4 Å². The van der Waals surface area contributed by atoms with Gasteiger partial charge in [0.1, 0.15) is 0 Å². The van der Waals surface area contributed by atoms with Crippen molar-refractivity contribution in [3.05, 3.63) is 46.5 Å². The Labute approximate surface area is 98.7 Å². The van der Waals surface area contributed by atoms with Crippen molar-refractivity contribution in [2.24, 2.45) is 0 Å². The molecule has 3 heteroatoms. The number of carbonyl (C=O) groups is 1. The molecule has 1 aromatic rings. The molecule has 2 nitrogen and oxygen atoms in total. The molecule has 0 spiro atoms. The molecule has 0 saturated carbocycles. The number of benzene rings is 1. The Morgan fingerprint density at radius 2 is 1.87 bits per heavy atom. The van der Waals surface area contributed by atoms with Crippen LogP contribution in [0.2, 0.25) is 0 Å². The van der Waals surface area contributed by atoms with E-state index in [1.807, 2.05) is 31.1 Å². The van der Waals surface area contributed by atoms with Crippen LogP contribution < -0.4 is 0 Å². The van der Waals surface area contributed by atoms with Gasteiger partial charge in [-0.25, -0.2) is 0 Å². The maximum atomic E-state index is 11.8. The van der Waals surface area contributed by atoms with Crippen molar-refractivity contribution in [3.8, 4) is 0 Å². The van der Waals surface area contributed by atoms with E-state index in [1.165, 1.54) is 0 Å². The van der Waals surface area contributed by atoms with E-state index >= 15 is 0 Å². The Balaban J connectivity index is 2.76. The molecule has 1 rings (SSSR count). The van der Waals surface area contributed by atoms with E-state index in [2.05, 4.69) is 22.5 Å². The van der Waals surface area contributed by atoms with E-state index in [0.29, 0.717) is 17.7 Å². The molecule has 0 fully saturated rings. The van der Waals surface area contributed by atoms with Gasteiger partial charge in [0, 0.05) is 22.2 Å². The molecule has 0 heterocycles. The van der Waals surface area contributed by atoms with Gasteiger partial charge in [0.05, 0.1) is 0 Å². The summed E-state index contributed by atoms with van der Waals surface area (Å²) in [6.45, 7) is 4.38. The summed E-state index contributed by atoms with van der Waals surface area (Å²) in [6.07, 6.45) is 0. The van der Waals surface area contributed by atoms with Gasteiger partial charge in [0.15, 0.2) is 5.78 Å². The lowest BCUT2D eigenvalue weighted by molar-refractivity contribution is 0.102. The van der Waals surface area contributed by atoms with Crippen molar-refractivity contribution < 1.29 is 4.79 Å². The third-order valence-corrected chi connectivity index (χ3v) is 2.46. The van der Waals surface area contributed by atoms with Gasteiger partial charge in [0.25, 0.3) is 0 Å². The monoisotopic (exact) mass is 267 g/mol. The highest BCUT2D eigenvalue weighted by molar-refractivity contribution is 9.10. The lowest BCUT2D eigenvalue weighted by atomic mass is 10.0. The summed E-state index contributed by atoms with van der Waals surface area (Å²) in [6, 6.07) is 7.31. The molecule has 0 aliphatic carbocycles. The Hall–Kier alpha value is -0.930. The zero-order valence-electron chi connectivity index (χ0n) is 8.96. The molecule has 0 unspecified atom stereocenters. The molecule has 0 bridgehead atoms. The third kappa shape index (κ3) is 3.61. The smallest absolute Gasteiger partial charge is 0.189 e. The SMILES string of the molecule is C=C(CN(C)C)C(=O)c1ccc(Br)cc1. The summed E-state index contributed by atoms with van der Waals surface area (Å²) in [5.74, 6) is 0.0104. The molecule has 0 amide bonds. The van der Waals surface area contributed by atoms with Gasteiger partial charge in [-0.2, -0.15) is 0 Å². The summed E-state index contributed by atoms with van der Waals surface area (Å²) in [7, 11) is 3.83. The number of hydrogen-bond donors (Lipinski definition) is 0.